The van der Waals surface area contributed by atoms with Crippen LogP contribution in [0.2, 0.25) is 0 Å². The summed E-state index contributed by atoms with van der Waals surface area (Å²) in [5.41, 5.74) is 2.91. The molecule has 1 aliphatic rings. The maximum atomic E-state index is 12.1. The van der Waals surface area contributed by atoms with Gasteiger partial charge in [-0.2, -0.15) is 0 Å². The molecular formula is C15H16N2O2S. The van der Waals surface area contributed by atoms with Crippen molar-refractivity contribution in [1.29, 1.82) is 0 Å². The summed E-state index contributed by atoms with van der Waals surface area (Å²) in [5.74, 6) is -0.101. The Morgan fingerprint density at radius 1 is 1.50 bits per heavy atom. The number of fused-ring (bicyclic) bond motifs is 1. The van der Waals surface area contributed by atoms with E-state index in [1.807, 2.05) is 36.6 Å². The Kier molecular flexibility index (Phi) is 3.54. The molecule has 3 rings (SSSR count). The molecule has 1 heterocycles. The van der Waals surface area contributed by atoms with Crippen LogP contribution in [0.15, 0.2) is 29.6 Å². The molecular weight excluding hydrogens is 272 g/mol. The van der Waals surface area contributed by atoms with E-state index < -0.39 is 6.10 Å². The van der Waals surface area contributed by atoms with Gasteiger partial charge in [-0.05, 0) is 18.1 Å². The number of carbonyl (C=O) groups excluding carboxylic acids is 1. The number of amides is 1. The van der Waals surface area contributed by atoms with Crippen molar-refractivity contribution in [2.24, 2.45) is 0 Å². The van der Waals surface area contributed by atoms with Gasteiger partial charge in [-0.15, -0.1) is 11.3 Å². The minimum Gasteiger partial charge on any atom is -0.390 e. The Balaban J connectivity index is 1.70. The molecule has 2 aromatic rings. The zero-order chi connectivity index (χ0) is 14.1. The molecule has 2 atom stereocenters. The maximum Gasteiger partial charge on any atom is 0.226 e. The van der Waals surface area contributed by atoms with Gasteiger partial charge in [0.2, 0.25) is 5.91 Å². The van der Waals surface area contributed by atoms with Crippen molar-refractivity contribution in [3.05, 3.63) is 51.5 Å². The van der Waals surface area contributed by atoms with Crippen molar-refractivity contribution in [3.63, 3.8) is 0 Å². The second-order valence-electron chi connectivity index (χ2n) is 5.05. The lowest BCUT2D eigenvalue weighted by Crippen LogP contribution is -2.34. The van der Waals surface area contributed by atoms with E-state index in [4.69, 9.17) is 0 Å². The summed E-state index contributed by atoms with van der Waals surface area (Å²) in [6.07, 6.45) is 0.306. The zero-order valence-electron chi connectivity index (χ0n) is 11.2. The molecule has 20 heavy (non-hydrogen) atoms. The predicted octanol–water partition coefficient (Wildman–Crippen LogP) is 1.77. The molecule has 2 N–H and O–H groups in total. The topological polar surface area (TPSA) is 62.2 Å². The minimum atomic E-state index is -0.548. The summed E-state index contributed by atoms with van der Waals surface area (Å²) in [6, 6.07) is 7.53. The molecule has 4 nitrogen and oxygen atoms in total. The summed E-state index contributed by atoms with van der Waals surface area (Å²) >= 11 is 1.54. The molecule has 1 aromatic carbocycles. The molecule has 0 spiro atoms. The molecule has 104 valence electrons. The maximum absolute atomic E-state index is 12.1. The van der Waals surface area contributed by atoms with Gasteiger partial charge in [0.15, 0.2) is 0 Å². The first-order valence-electron chi connectivity index (χ1n) is 6.59. The average Bonchev–Trinajstić information content (AvgIpc) is 2.94. The highest BCUT2D eigenvalue weighted by atomic mass is 32.1. The van der Waals surface area contributed by atoms with Gasteiger partial charge in [0.25, 0.3) is 0 Å². The monoisotopic (exact) mass is 288 g/mol. The summed E-state index contributed by atoms with van der Waals surface area (Å²) in [7, 11) is 0. The Labute approximate surface area is 121 Å². The van der Waals surface area contributed by atoms with E-state index in [1.54, 1.807) is 0 Å². The number of carbonyl (C=O) groups is 1. The molecule has 1 aromatic heterocycles. The third-order valence-corrected chi connectivity index (χ3v) is 4.35. The van der Waals surface area contributed by atoms with Crippen molar-refractivity contribution in [1.82, 2.24) is 10.3 Å². The van der Waals surface area contributed by atoms with Crippen LogP contribution in [-0.4, -0.2) is 22.1 Å². The number of nitrogens with one attached hydrogen (secondary N) is 1. The van der Waals surface area contributed by atoms with Crippen LogP contribution in [0.4, 0.5) is 0 Å². The zero-order valence-corrected chi connectivity index (χ0v) is 12.0. The largest absolute Gasteiger partial charge is 0.390 e. The molecule has 0 aliphatic heterocycles. The Hall–Kier alpha value is -1.72. The van der Waals surface area contributed by atoms with Crippen LogP contribution < -0.4 is 5.32 Å². The fraction of sp³-hybridized carbons (Fsp3) is 0.333. The smallest absolute Gasteiger partial charge is 0.226 e. The lowest BCUT2D eigenvalue weighted by atomic mass is 10.1. The van der Waals surface area contributed by atoms with E-state index in [2.05, 4.69) is 10.3 Å². The van der Waals surface area contributed by atoms with Crippen molar-refractivity contribution < 1.29 is 9.90 Å². The number of aliphatic hydroxyl groups excluding tert-OH is 1. The summed E-state index contributed by atoms with van der Waals surface area (Å²) in [4.78, 5) is 16.4. The number of thiazole rings is 1. The van der Waals surface area contributed by atoms with Gasteiger partial charge in [0.1, 0.15) is 0 Å². The van der Waals surface area contributed by atoms with Crippen LogP contribution in [0.1, 0.15) is 27.9 Å². The van der Waals surface area contributed by atoms with Crippen LogP contribution >= 0.6 is 11.3 Å². The van der Waals surface area contributed by atoms with E-state index >= 15 is 0 Å². The summed E-state index contributed by atoms with van der Waals surface area (Å²) < 4.78 is 0. The minimum absolute atomic E-state index is 0.101. The van der Waals surface area contributed by atoms with Crippen LogP contribution in [0.5, 0.6) is 0 Å². The van der Waals surface area contributed by atoms with Crippen molar-refractivity contribution >= 4 is 17.2 Å². The fourth-order valence-corrected chi connectivity index (χ4v) is 3.24. The van der Waals surface area contributed by atoms with E-state index in [9.17, 15) is 9.90 Å². The highest BCUT2D eigenvalue weighted by Gasteiger charge is 2.31. The number of benzene rings is 1. The van der Waals surface area contributed by atoms with Crippen LogP contribution in [0.25, 0.3) is 0 Å². The number of nitrogens with zero attached hydrogens (tertiary/aromatic N) is 1. The predicted molar refractivity (Wildman–Crippen MR) is 77.6 cm³/mol. The molecule has 1 aliphatic carbocycles. The van der Waals surface area contributed by atoms with E-state index in [-0.39, 0.29) is 18.4 Å². The van der Waals surface area contributed by atoms with Gasteiger partial charge < -0.3 is 10.4 Å². The number of aliphatic hydroxyl groups is 1. The Morgan fingerprint density at radius 2 is 2.30 bits per heavy atom. The molecule has 5 heteroatoms. The molecule has 1 amide bonds. The van der Waals surface area contributed by atoms with Gasteiger partial charge >= 0.3 is 0 Å². The third kappa shape index (κ3) is 2.59. The second kappa shape index (κ2) is 5.34. The molecule has 0 saturated carbocycles. The molecule has 0 fully saturated rings. The SMILES string of the molecule is Cc1nc(CC(=O)NC2c3ccccc3CC2O)cs1. The lowest BCUT2D eigenvalue weighted by Gasteiger charge is -2.17. The van der Waals surface area contributed by atoms with Crippen molar-refractivity contribution in [3.8, 4) is 0 Å². The number of aryl methyl sites for hydroxylation is 1. The van der Waals surface area contributed by atoms with Crippen LogP contribution in [0.3, 0.4) is 0 Å². The Morgan fingerprint density at radius 3 is 3.05 bits per heavy atom. The van der Waals surface area contributed by atoms with E-state index in [0.29, 0.717) is 6.42 Å². The number of rotatable bonds is 3. The number of hydrogen-bond acceptors (Lipinski definition) is 4. The first kappa shape index (κ1) is 13.3. The lowest BCUT2D eigenvalue weighted by molar-refractivity contribution is -0.122. The fourth-order valence-electron chi connectivity index (χ4n) is 2.63. The first-order chi connectivity index (χ1) is 9.63. The van der Waals surface area contributed by atoms with Crippen LogP contribution in [0, 0.1) is 6.92 Å². The van der Waals surface area contributed by atoms with Crippen molar-refractivity contribution in [2.45, 2.75) is 31.9 Å². The van der Waals surface area contributed by atoms with Gasteiger partial charge in [0, 0.05) is 11.8 Å². The summed E-state index contributed by atoms with van der Waals surface area (Å²) in [6.45, 7) is 1.92. The number of aromatic nitrogens is 1. The average molecular weight is 288 g/mol. The van der Waals surface area contributed by atoms with Gasteiger partial charge in [-0.3, -0.25) is 4.79 Å². The molecule has 0 saturated heterocycles. The Bertz CT molecular complexity index is 638. The van der Waals surface area contributed by atoms with E-state index in [0.717, 1.165) is 21.8 Å². The molecule has 0 radical (unpaired) electrons. The standard InChI is InChI=1S/C15H16N2O2S/c1-9-16-11(8-20-9)7-14(19)17-15-12-5-3-2-4-10(12)6-13(15)18/h2-5,8,13,15,18H,6-7H2,1H3,(H,17,19). The highest BCUT2D eigenvalue weighted by Crippen LogP contribution is 2.31. The molecule has 0 bridgehead atoms. The van der Waals surface area contributed by atoms with Crippen LogP contribution in [-0.2, 0) is 17.6 Å². The van der Waals surface area contributed by atoms with E-state index in [1.165, 1.54) is 11.3 Å². The summed E-state index contributed by atoms with van der Waals surface area (Å²) in [5, 5.41) is 15.9. The van der Waals surface area contributed by atoms with Crippen molar-refractivity contribution in [2.75, 3.05) is 0 Å². The highest BCUT2D eigenvalue weighted by molar-refractivity contribution is 7.09. The second-order valence-corrected chi connectivity index (χ2v) is 6.11. The number of hydrogen-bond donors (Lipinski definition) is 2. The quantitative estimate of drug-likeness (QED) is 0.905. The third-order valence-electron chi connectivity index (χ3n) is 3.53. The normalized spacial score (nSPS) is 20.7. The van der Waals surface area contributed by atoms with Gasteiger partial charge in [-0.1, -0.05) is 24.3 Å². The molecule has 2 unspecified atom stereocenters. The first-order valence-corrected chi connectivity index (χ1v) is 7.47. The van der Waals surface area contributed by atoms with Gasteiger partial charge in [0.05, 0.1) is 29.3 Å². The van der Waals surface area contributed by atoms with Gasteiger partial charge in [-0.25, -0.2) is 4.98 Å².